The number of unbranched alkanes of at least 4 members (excludes halogenated alkanes) is 1. The van der Waals surface area contributed by atoms with Gasteiger partial charge >= 0.3 is 0 Å². The van der Waals surface area contributed by atoms with Gasteiger partial charge in [-0.3, -0.25) is 19.1 Å². The fraction of sp³-hybridized carbons (Fsp3) is 0.400. The molecule has 0 aliphatic carbocycles. The number of primary amides is 1. The summed E-state index contributed by atoms with van der Waals surface area (Å²) in [5.41, 5.74) is 7.73. The van der Waals surface area contributed by atoms with E-state index in [1.165, 1.54) is 7.05 Å². The molecule has 1 aromatic heterocycles. The summed E-state index contributed by atoms with van der Waals surface area (Å²) in [7, 11) is 1.43. The van der Waals surface area contributed by atoms with Crippen LogP contribution in [0.3, 0.4) is 0 Å². The summed E-state index contributed by atoms with van der Waals surface area (Å²) in [6, 6.07) is 10.7. The van der Waals surface area contributed by atoms with E-state index >= 15 is 0 Å². The second-order valence-corrected chi connectivity index (χ2v) is 6.55. The molecule has 0 unspecified atom stereocenters. The van der Waals surface area contributed by atoms with Gasteiger partial charge in [-0.15, -0.1) is 0 Å². The van der Waals surface area contributed by atoms with Gasteiger partial charge in [0.15, 0.2) is 0 Å². The molecule has 150 valence electrons. The van der Waals surface area contributed by atoms with Gasteiger partial charge in [0.05, 0.1) is 24.2 Å². The molecule has 28 heavy (non-hydrogen) atoms. The van der Waals surface area contributed by atoms with Gasteiger partial charge in [-0.2, -0.15) is 5.10 Å². The Morgan fingerprint density at radius 1 is 1.21 bits per heavy atom. The highest BCUT2D eigenvalue weighted by Gasteiger charge is 2.22. The quantitative estimate of drug-likeness (QED) is 0.565. The molecule has 1 aromatic carbocycles. The van der Waals surface area contributed by atoms with E-state index in [4.69, 9.17) is 5.73 Å². The highest BCUT2D eigenvalue weighted by Crippen LogP contribution is 2.21. The predicted molar refractivity (Wildman–Crippen MR) is 106 cm³/mol. The molecule has 0 fully saturated rings. The van der Waals surface area contributed by atoms with Crippen molar-refractivity contribution in [3.8, 4) is 11.3 Å². The smallest absolute Gasteiger partial charge is 0.242 e. The monoisotopic (exact) mass is 385 g/mol. The maximum atomic E-state index is 12.4. The number of rotatable bonds is 10. The van der Waals surface area contributed by atoms with Gasteiger partial charge in [-0.05, 0) is 18.1 Å². The molecule has 0 saturated heterocycles. The minimum atomic E-state index is -0.995. The topological polar surface area (TPSA) is 119 Å². The number of benzene rings is 1. The van der Waals surface area contributed by atoms with E-state index in [0.29, 0.717) is 5.69 Å². The number of hydrogen-bond acceptors (Lipinski definition) is 4. The number of carbonyl (C=O) groups is 3. The minimum Gasteiger partial charge on any atom is -0.370 e. The van der Waals surface area contributed by atoms with Gasteiger partial charge in [0, 0.05) is 13.6 Å². The largest absolute Gasteiger partial charge is 0.370 e. The molecule has 1 atom stereocenters. The summed E-state index contributed by atoms with van der Waals surface area (Å²) in [6.45, 7) is 2.86. The molecule has 3 amide bonds. The maximum absolute atomic E-state index is 12.4. The Labute approximate surface area is 164 Å². The number of likely N-dealkylation sites (N-methyl/N-ethyl adjacent to an activating group) is 1. The lowest BCUT2D eigenvalue weighted by atomic mass is 10.1. The van der Waals surface area contributed by atoms with Crippen LogP contribution in [0.5, 0.6) is 0 Å². The van der Waals surface area contributed by atoms with E-state index in [2.05, 4.69) is 22.7 Å². The molecular formula is C20H27N5O3. The molecule has 0 saturated carbocycles. The zero-order valence-corrected chi connectivity index (χ0v) is 16.3. The lowest BCUT2D eigenvalue weighted by molar-refractivity contribution is -0.130. The number of hydrogen-bond donors (Lipinski definition) is 3. The Morgan fingerprint density at radius 3 is 2.54 bits per heavy atom. The van der Waals surface area contributed by atoms with Crippen LogP contribution in [0.15, 0.2) is 36.4 Å². The first-order chi connectivity index (χ1) is 13.4. The van der Waals surface area contributed by atoms with E-state index in [0.717, 1.165) is 30.6 Å². The van der Waals surface area contributed by atoms with Crippen LogP contribution in [-0.4, -0.2) is 40.6 Å². The maximum Gasteiger partial charge on any atom is 0.242 e. The van der Waals surface area contributed by atoms with Crippen LogP contribution < -0.4 is 16.4 Å². The van der Waals surface area contributed by atoms with E-state index in [1.54, 1.807) is 0 Å². The average molecular weight is 385 g/mol. The number of amides is 3. The van der Waals surface area contributed by atoms with Gasteiger partial charge in [-0.1, -0.05) is 43.7 Å². The summed E-state index contributed by atoms with van der Waals surface area (Å²) < 4.78 is 1.90. The number of nitrogens with two attached hydrogens (primary N) is 1. The lowest BCUT2D eigenvalue weighted by Gasteiger charge is -2.15. The Balaban J connectivity index is 2.16. The lowest BCUT2D eigenvalue weighted by Crippen LogP contribution is -2.48. The predicted octanol–water partition coefficient (Wildman–Crippen LogP) is 0.999. The Hall–Kier alpha value is -3.16. The molecule has 0 bridgehead atoms. The average Bonchev–Trinajstić information content (AvgIpc) is 3.07. The standard InChI is InChI=1S/C20H27N5O3/c1-3-4-10-25-17(14-8-6-5-7-9-14)11-15(24-25)12-19(27)23-16(13-18(21)26)20(28)22-2/h5-9,11,16H,3-4,10,12-13H2,1-2H3,(H2,21,26)(H,22,28)(H,23,27)/t16-/m0/s1. The molecule has 2 rings (SSSR count). The molecule has 8 heteroatoms. The molecule has 0 aliphatic rings. The zero-order chi connectivity index (χ0) is 20.5. The van der Waals surface area contributed by atoms with Crippen molar-refractivity contribution in [3.63, 3.8) is 0 Å². The first-order valence-electron chi connectivity index (χ1n) is 9.36. The third-order valence-electron chi connectivity index (χ3n) is 4.27. The molecule has 4 N–H and O–H groups in total. The molecule has 2 aromatic rings. The van der Waals surface area contributed by atoms with Gasteiger partial charge < -0.3 is 16.4 Å². The third kappa shape index (κ3) is 5.94. The fourth-order valence-electron chi connectivity index (χ4n) is 2.87. The summed E-state index contributed by atoms with van der Waals surface area (Å²) >= 11 is 0. The molecule has 1 heterocycles. The summed E-state index contributed by atoms with van der Waals surface area (Å²) in [4.78, 5) is 35.4. The van der Waals surface area contributed by atoms with Crippen molar-refractivity contribution in [1.82, 2.24) is 20.4 Å². The second-order valence-electron chi connectivity index (χ2n) is 6.55. The van der Waals surface area contributed by atoms with Gasteiger partial charge in [0.2, 0.25) is 17.7 Å². The SMILES string of the molecule is CCCCn1nc(CC(=O)N[C@@H](CC(N)=O)C(=O)NC)cc1-c1ccccc1. The second kappa shape index (κ2) is 10.2. The van der Waals surface area contributed by atoms with E-state index in [1.807, 2.05) is 41.1 Å². The van der Waals surface area contributed by atoms with Crippen molar-refractivity contribution < 1.29 is 14.4 Å². The van der Waals surface area contributed by atoms with Crippen molar-refractivity contribution in [2.24, 2.45) is 5.73 Å². The Morgan fingerprint density at radius 2 is 1.93 bits per heavy atom. The molecule has 0 radical (unpaired) electrons. The summed E-state index contributed by atoms with van der Waals surface area (Å²) in [5.74, 6) is -1.52. The van der Waals surface area contributed by atoms with Crippen molar-refractivity contribution in [3.05, 3.63) is 42.1 Å². The number of nitrogens with one attached hydrogen (secondary N) is 2. The van der Waals surface area contributed by atoms with Crippen LogP contribution >= 0.6 is 0 Å². The molecule has 0 aliphatic heterocycles. The van der Waals surface area contributed by atoms with E-state index in [9.17, 15) is 14.4 Å². The number of aryl methyl sites for hydroxylation is 1. The fourth-order valence-corrected chi connectivity index (χ4v) is 2.87. The van der Waals surface area contributed by atoms with Crippen molar-refractivity contribution in [2.75, 3.05) is 7.05 Å². The Bertz CT molecular complexity index is 817. The molecular weight excluding hydrogens is 358 g/mol. The van der Waals surface area contributed by atoms with Crippen LogP contribution in [0, 0.1) is 0 Å². The summed E-state index contributed by atoms with van der Waals surface area (Å²) in [6.07, 6.45) is 1.76. The van der Waals surface area contributed by atoms with Gasteiger partial charge in [0.25, 0.3) is 0 Å². The van der Waals surface area contributed by atoms with E-state index < -0.39 is 23.8 Å². The first-order valence-corrected chi connectivity index (χ1v) is 9.36. The van der Waals surface area contributed by atoms with Crippen LogP contribution in [0.25, 0.3) is 11.3 Å². The third-order valence-corrected chi connectivity index (χ3v) is 4.27. The van der Waals surface area contributed by atoms with Gasteiger partial charge in [-0.25, -0.2) is 0 Å². The normalized spacial score (nSPS) is 11.6. The van der Waals surface area contributed by atoms with Crippen LogP contribution in [-0.2, 0) is 27.3 Å². The highest BCUT2D eigenvalue weighted by molar-refractivity contribution is 5.91. The number of nitrogens with zero attached hydrogens (tertiary/aromatic N) is 2. The van der Waals surface area contributed by atoms with Crippen LogP contribution in [0.2, 0.25) is 0 Å². The van der Waals surface area contributed by atoms with Crippen molar-refractivity contribution >= 4 is 17.7 Å². The first kappa shape index (κ1) is 21.1. The Kier molecular flexibility index (Phi) is 7.74. The molecule has 8 nitrogen and oxygen atoms in total. The van der Waals surface area contributed by atoms with Crippen molar-refractivity contribution in [1.29, 1.82) is 0 Å². The number of carbonyl (C=O) groups excluding carboxylic acids is 3. The van der Waals surface area contributed by atoms with E-state index in [-0.39, 0.29) is 12.8 Å². The van der Waals surface area contributed by atoms with Crippen molar-refractivity contribution in [2.45, 2.75) is 45.2 Å². The zero-order valence-electron chi connectivity index (χ0n) is 16.3. The summed E-state index contributed by atoms with van der Waals surface area (Å²) in [5, 5.41) is 9.54. The minimum absolute atomic E-state index is 0.00517. The van der Waals surface area contributed by atoms with Crippen LogP contribution in [0.4, 0.5) is 0 Å². The number of aromatic nitrogens is 2. The molecule has 0 spiro atoms. The van der Waals surface area contributed by atoms with Gasteiger partial charge in [0.1, 0.15) is 6.04 Å². The highest BCUT2D eigenvalue weighted by atomic mass is 16.2. The van der Waals surface area contributed by atoms with Crippen LogP contribution in [0.1, 0.15) is 31.9 Å².